The number of carbonyl (C=O) groups is 2. The number of benzene rings is 2. The minimum Gasteiger partial charge on any atom is -0.497 e. The number of nitrogens with one attached hydrogen (secondary N) is 1. The Kier molecular flexibility index (Phi) is 6.73. The number of halogens is 1. The third kappa shape index (κ3) is 5.14. The van der Waals surface area contributed by atoms with Crippen LogP contribution < -0.4 is 10.1 Å². The van der Waals surface area contributed by atoms with Gasteiger partial charge >= 0.3 is 5.97 Å². The average Bonchev–Trinajstić information content (AvgIpc) is 2.63. The zero-order valence-corrected chi connectivity index (χ0v) is 15.6. The zero-order chi connectivity index (χ0) is 18.4. The molecule has 7 heteroatoms. The monoisotopic (exact) mass is 379 g/mol. The van der Waals surface area contributed by atoms with Gasteiger partial charge in [-0.3, -0.25) is 4.79 Å². The predicted molar refractivity (Wildman–Crippen MR) is 99.7 cm³/mol. The Morgan fingerprint density at radius 1 is 1.12 bits per heavy atom. The van der Waals surface area contributed by atoms with Crippen molar-refractivity contribution in [1.29, 1.82) is 0 Å². The minimum atomic E-state index is -0.549. The molecular formula is C18H18ClNO4S. The molecule has 0 heterocycles. The highest BCUT2D eigenvalue weighted by atomic mass is 35.5. The first-order valence-electron chi connectivity index (χ1n) is 7.44. The number of thioether (sulfide) groups is 1. The number of carbonyl (C=O) groups excluding carboxylic acids is 2. The molecule has 0 spiro atoms. The fourth-order valence-corrected chi connectivity index (χ4v) is 3.04. The highest BCUT2D eigenvalue weighted by Crippen LogP contribution is 2.27. The SMILES string of the molecule is COC(=O)c1cc(OC)ccc1NC(=O)C(C)Sc1ccc(Cl)cc1. The summed E-state index contributed by atoms with van der Waals surface area (Å²) in [4.78, 5) is 25.3. The molecule has 2 aromatic rings. The molecule has 5 nitrogen and oxygen atoms in total. The van der Waals surface area contributed by atoms with Crippen molar-refractivity contribution in [3.8, 4) is 5.75 Å². The Bertz CT molecular complexity index is 764. The van der Waals surface area contributed by atoms with E-state index >= 15 is 0 Å². The Labute approximate surface area is 155 Å². The molecule has 25 heavy (non-hydrogen) atoms. The van der Waals surface area contributed by atoms with E-state index in [0.29, 0.717) is 16.5 Å². The van der Waals surface area contributed by atoms with Crippen LogP contribution in [0.4, 0.5) is 5.69 Å². The highest BCUT2D eigenvalue weighted by molar-refractivity contribution is 8.00. The number of ether oxygens (including phenoxy) is 2. The van der Waals surface area contributed by atoms with Gasteiger partial charge in [0.25, 0.3) is 0 Å². The van der Waals surface area contributed by atoms with E-state index in [-0.39, 0.29) is 16.7 Å². The van der Waals surface area contributed by atoms with Gasteiger partial charge in [0, 0.05) is 9.92 Å². The lowest BCUT2D eigenvalue weighted by atomic mass is 10.1. The number of rotatable bonds is 6. The van der Waals surface area contributed by atoms with E-state index in [4.69, 9.17) is 21.1 Å². The summed E-state index contributed by atoms with van der Waals surface area (Å²) in [7, 11) is 2.78. The van der Waals surface area contributed by atoms with Crippen LogP contribution in [-0.2, 0) is 9.53 Å². The van der Waals surface area contributed by atoms with Gasteiger partial charge < -0.3 is 14.8 Å². The second-order valence-corrected chi connectivity index (χ2v) is 6.96. The quantitative estimate of drug-likeness (QED) is 0.600. The van der Waals surface area contributed by atoms with Crippen LogP contribution in [-0.4, -0.2) is 31.3 Å². The molecule has 0 fully saturated rings. The van der Waals surface area contributed by atoms with Crippen LogP contribution in [0.2, 0.25) is 5.02 Å². The van der Waals surface area contributed by atoms with Gasteiger partial charge in [0.1, 0.15) is 5.75 Å². The molecule has 0 bridgehead atoms. The largest absolute Gasteiger partial charge is 0.497 e. The van der Waals surface area contributed by atoms with Crippen molar-refractivity contribution in [2.45, 2.75) is 17.1 Å². The Balaban J connectivity index is 2.13. The van der Waals surface area contributed by atoms with Gasteiger partial charge in [0.05, 0.1) is 30.7 Å². The van der Waals surface area contributed by atoms with E-state index in [1.54, 1.807) is 31.2 Å². The van der Waals surface area contributed by atoms with Crippen LogP contribution in [0.1, 0.15) is 17.3 Å². The maximum Gasteiger partial charge on any atom is 0.340 e. The molecule has 1 amide bonds. The van der Waals surface area contributed by atoms with Crippen molar-refractivity contribution < 1.29 is 19.1 Å². The van der Waals surface area contributed by atoms with Gasteiger partial charge in [-0.25, -0.2) is 4.79 Å². The normalized spacial score (nSPS) is 11.5. The number of hydrogen-bond donors (Lipinski definition) is 1. The lowest BCUT2D eigenvalue weighted by Gasteiger charge is -2.15. The molecular weight excluding hydrogens is 362 g/mol. The summed E-state index contributed by atoms with van der Waals surface area (Å²) in [5, 5.41) is 3.04. The van der Waals surface area contributed by atoms with E-state index in [0.717, 1.165) is 4.90 Å². The van der Waals surface area contributed by atoms with Crippen LogP contribution in [0.15, 0.2) is 47.4 Å². The second-order valence-electron chi connectivity index (χ2n) is 5.11. The molecule has 1 atom stereocenters. The van der Waals surface area contributed by atoms with Crippen LogP contribution in [0.5, 0.6) is 5.75 Å². The minimum absolute atomic E-state index is 0.227. The van der Waals surface area contributed by atoms with E-state index < -0.39 is 5.97 Å². The highest BCUT2D eigenvalue weighted by Gasteiger charge is 2.19. The fraction of sp³-hybridized carbons (Fsp3) is 0.222. The van der Waals surface area contributed by atoms with Crippen LogP contribution in [0, 0.1) is 0 Å². The summed E-state index contributed by atoms with van der Waals surface area (Å²) < 4.78 is 9.87. The summed E-state index contributed by atoms with van der Waals surface area (Å²) in [6, 6.07) is 12.1. The van der Waals surface area contributed by atoms with Gasteiger partial charge in [-0.1, -0.05) is 11.6 Å². The Morgan fingerprint density at radius 2 is 1.80 bits per heavy atom. The molecule has 2 rings (SSSR count). The number of methoxy groups -OCH3 is 2. The number of esters is 1. The third-order valence-corrected chi connectivity index (χ3v) is 4.75. The summed E-state index contributed by atoms with van der Waals surface area (Å²) in [5.74, 6) is -0.274. The first-order valence-corrected chi connectivity index (χ1v) is 8.69. The lowest BCUT2D eigenvalue weighted by molar-refractivity contribution is -0.115. The molecule has 0 saturated carbocycles. The smallest absolute Gasteiger partial charge is 0.340 e. The topological polar surface area (TPSA) is 64.6 Å². The van der Waals surface area contributed by atoms with Crippen molar-refractivity contribution in [3.63, 3.8) is 0 Å². The maximum absolute atomic E-state index is 12.5. The standard InChI is InChI=1S/C18H18ClNO4S/c1-11(25-14-7-4-12(19)5-8-14)17(21)20-16-9-6-13(23-2)10-15(16)18(22)24-3/h4-11H,1-3H3,(H,20,21). The lowest BCUT2D eigenvalue weighted by Crippen LogP contribution is -2.23. The fourth-order valence-electron chi connectivity index (χ4n) is 2.04. The molecule has 0 aromatic heterocycles. The third-order valence-electron chi connectivity index (χ3n) is 3.39. The van der Waals surface area contributed by atoms with Crippen LogP contribution >= 0.6 is 23.4 Å². The van der Waals surface area contributed by atoms with Crippen molar-refractivity contribution in [2.75, 3.05) is 19.5 Å². The van der Waals surface area contributed by atoms with E-state index in [1.165, 1.54) is 32.0 Å². The molecule has 132 valence electrons. The maximum atomic E-state index is 12.5. The first kappa shape index (κ1) is 19.1. The van der Waals surface area contributed by atoms with Crippen LogP contribution in [0.3, 0.4) is 0 Å². The molecule has 0 aliphatic carbocycles. The van der Waals surface area contributed by atoms with Gasteiger partial charge in [-0.2, -0.15) is 0 Å². The van der Waals surface area contributed by atoms with Gasteiger partial charge in [-0.05, 0) is 49.4 Å². The van der Waals surface area contributed by atoms with Crippen LogP contribution in [0.25, 0.3) is 0 Å². The Hall–Kier alpha value is -2.18. The number of anilines is 1. The first-order chi connectivity index (χ1) is 11.9. The van der Waals surface area contributed by atoms with Gasteiger partial charge in [0.2, 0.25) is 5.91 Å². The number of hydrogen-bond acceptors (Lipinski definition) is 5. The summed E-state index contributed by atoms with van der Waals surface area (Å²) >= 11 is 7.26. The predicted octanol–water partition coefficient (Wildman–Crippen LogP) is 4.25. The van der Waals surface area contributed by atoms with Gasteiger partial charge in [-0.15, -0.1) is 11.8 Å². The molecule has 0 radical (unpaired) electrons. The summed E-state index contributed by atoms with van der Waals surface area (Å²) in [6.07, 6.45) is 0. The number of amides is 1. The molecule has 1 unspecified atom stereocenters. The second kappa shape index (κ2) is 8.78. The van der Waals surface area contributed by atoms with E-state index in [1.807, 2.05) is 12.1 Å². The van der Waals surface area contributed by atoms with E-state index in [9.17, 15) is 9.59 Å². The van der Waals surface area contributed by atoms with Crippen molar-refractivity contribution >= 4 is 40.9 Å². The molecule has 0 aliphatic rings. The summed E-state index contributed by atoms with van der Waals surface area (Å²) in [6.45, 7) is 1.79. The van der Waals surface area contributed by atoms with Crippen molar-refractivity contribution in [1.82, 2.24) is 0 Å². The molecule has 2 aromatic carbocycles. The average molecular weight is 380 g/mol. The summed E-state index contributed by atoms with van der Waals surface area (Å²) in [5.41, 5.74) is 0.611. The molecule has 1 N–H and O–H groups in total. The molecule has 0 aliphatic heterocycles. The Morgan fingerprint density at radius 3 is 2.40 bits per heavy atom. The molecule has 0 saturated heterocycles. The van der Waals surface area contributed by atoms with Crippen molar-refractivity contribution in [2.24, 2.45) is 0 Å². The van der Waals surface area contributed by atoms with Crippen molar-refractivity contribution in [3.05, 3.63) is 53.1 Å². The van der Waals surface area contributed by atoms with E-state index in [2.05, 4.69) is 5.32 Å². The zero-order valence-electron chi connectivity index (χ0n) is 14.0. The van der Waals surface area contributed by atoms with Gasteiger partial charge in [0.15, 0.2) is 0 Å².